The molecule has 0 saturated carbocycles. The normalized spacial score (nSPS) is 10.9. The van der Waals surface area contributed by atoms with Crippen molar-refractivity contribution in [2.45, 2.75) is 6.92 Å². The van der Waals surface area contributed by atoms with Crippen LogP contribution < -0.4 is 10.5 Å². The molecule has 18 heavy (non-hydrogen) atoms. The number of ether oxygens (including phenoxy) is 1. The number of rotatable bonds is 3. The maximum atomic E-state index is 5.78. The van der Waals surface area contributed by atoms with Crippen LogP contribution in [-0.2, 0) is 0 Å². The van der Waals surface area contributed by atoms with Crippen molar-refractivity contribution >= 4 is 17.1 Å². The van der Waals surface area contributed by atoms with Crippen LogP contribution in [0, 0.1) is 0 Å². The van der Waals surface area contributed by atoms with E-state index < -0.39 is 0 Å². The molecular weight excluding hydrogens is 236 g/mol. The van der Waals surface area contributed by atoms with Gasteiger partial charge in [0.05, 0.1) is 12.9 Å². The van der Waals surface area contributed by atoms with Crippen molar-refractivity contribution in [1.82, 2.24) is 34.7 Å². The van der Waals surface area contributed by atoms with Crippen LogP contribution >= 0.6 is 0 Å². The Balaban J connectivity index is 2.16. The third kappa shape index (κ3) is 1.52. The number of nitrogens with zero attached hydrogens (tertiary/aromatic N) is 6. The quantitative estimate of drug-likeness (QED) is 0.662. The molecule has 0 radical (unpaired) electrons. The molecule has 0 aromatic carbocycles. The maximum absolute atomic E-state index is 5.78. The smallest absolute Gasteiger partial charge is 0.337 e. The molecule has 0 unspecified atom stereocenters. The first-order chi connectivity index (χ1) is 8.79. The van der Waals surface area contributed by atoms with Crippen molar-refractivity contribution in [3.05, 3.63) is 12.7 Å². The monoisotopic (exact) mass is 246 g/mol. The zero-order valence-corrected chi connectivity index (χ0v) is 9.53. The molecule has 3 heterocycles. The standard InChI is InChI=1S/C9H10N8O/c1-2-18-9-15-8(10)17(16-9)7-5-6(12-3-11-5)13-4-14-7/h3-4H,2H2,1H3,(H2,10,15,16)(H,11,12,13,14). The lowest BCUT2D eigenvalue weighted by Crippen LogP contribution is -2.06. The number of anilines is 1. The molecule has 0 amide bonds. The molecule has 9 heteroatoms. The lowest BCUT2D eigenvalue weighted by molar-refractivity contribution is 0.312. The topological polar surface area (TPSA) is 120 Å². The first-order valence-corrected chi connectivity index (χ1v) is 5.29. The fourth-order valence-corrected chi connectivity index (χ4v) is 1.56. The summed E-state index contributed by atoms with van der Waals surface area (Å²) in [4.78, 5) is 19.1. The van der Waals surface area contributed by atoms with Crippen LogP contribution in [0.4, 0.5) is 5.95 Å². The first kappa shape index (κ1) is 10.4. The number of fused-ring (bicyclic) bond motifs is 1. The van der Waals surface area contributed by atoms with E-state index in [-0.39, 0.29) is 12.0 Å². The van der Waals surface area contributed by atoms with E-state index in [1.807, 2.05) is 6.92 Å². The average molecular weight is 246 g/mol. The Labute approximate surface area is 101 Å². The van der Waals surface area contributed by atoms with Gasteiger partial charge in [-0.15, -0.1) is 5.10 Å². The predicted molar refractivity (Wildman–Crippen MR) is 62.2 cm³/mol. The minimum atomic E-state index is 0.188. The molecule has 92 valence electrons. The lowest BCUT2D eigenvalue weighted by Gasteiger charge is -2.01. The molecule has 0 aliphatic heterocycles. The summed E-state index contributed by atoms with van der Waals surface area (Å²) < 4.78 is 6.57. The molecule has 3 aromatic rings. The lowest BCUT2D eigenvalue weighted by atomic mass is 10.5. The second-order valence-electron chi connectivity index (χ2n) is 3.40. The zero-order valence-electron chi connectivity index (χ0n) is 9.53. The van der Waals surface area contributed by atoms with Gasteiger partial charge in [0.1, 0.15) is 11.8 Å². The van der Waals surface area contributed by atoms with Crippen molar-refractivity contribution < 1.29 is 4.74 Å². The Hall–Kier alpha value is -2.71. The van der Waals surface area contributed by atoms with Crippen LogP contribution in [0.25, 0.3) is 17.0 Å². The third-order valence-electron chi connectivity index (χ3n) is 2.29. The van der Waals surface area contributed by atoms with E-state index >= 15 is 0 Å². The van der Waals surface area contributed by atoms with E-state index in [4.69, 9.17) is 10.5 Å². The summed E-state index contributed by atoms with van der Waals surface area (Å²) in [6, 6.07) is 0.210. The fourth-order valence-electron chi connectivity index (χ4n) is 1.56. The summed E-state index contributed by atoms with van der Waals surface area (Å²) in [7, 11) is 0. The molecule has 3 rings (SSSR count). The number of H-pyrrole nitrogens is 1. The van der Waals surface area contributed by atoms with Gasteiger partial charge in [-0.1, -0.05) is 0 Å². The van der Waals surface area contributed by atoms with Gasteiger partial charge < -0.3 is 15.5 Å². The number of imidazole rings is 1. The van der Waals surface area contributed by atoms with Crippen LogP contribution in [-0.4, -0.2) is 41.3 Å². The minimum absolute atomic E-state index is 0.188. The molecule has 9 nitrogen and oxygen atoms in total. The van der Waals surface area contributed by atoms with Crippen molar-refractivity contribution in [3.8, 4) is 11.8 Å². The minimum Gasteiger partial charge on any atom is -0.463 e. The number of hydrogen-bond acceptors (Lipinski definition) is 7. The summed E-state index contributed by atoms with van der Waals surface area (Å²) in [5.41, 5.74) is 6.95. The molecule has 0 bridgehead atoms. The van der Waals surface area contributed by atoms with Crippen LogP contribution in [0.2, 0.25) is 0 Å². The Morgan fingerprint density at radius 1 is 1.39 bits per heavy atom. The van der Waals surface area contributed by atoms with Gasteiger partial charge in [-0.25, -0.2) is 15.0 Å². The van der Waals surface area contributed by atoms with Gasteiger partial charge >= 0.3 is 6.01 Å². The second-order valence-corrected chi connectivity index (χ2v) is 3.40. The Morgan fingerprint density at radius 3 is 3.11 bits per heavy atom. The van der Waals surface area contributed by atoms with E-state index in [9.17, 15) is 0 Å². The largest absolute Gasteiger partial charge is 0.463 e. The van der Waals surface area contributed by atoms with Crippen molar-refractivity contribution in [3.63, 3.8) is 0 Å². The van der Waals surface area contributed by atoms with Crippen LogP contribution in [0.15, 0.2) is 12.7 Å². The summed E-state index contributed by atoms with van der Waals surface area (Å²) in [5, 5.41) is 4.12. The highest BCUT2D eigenvalue weighted by Crippen LogP contribution is 2.18. The van der Waals surface area contributed by atoms with Gasteiger partial charge in [0.25, 0.3) is 0 Å². The van der Waals surface area contributed by atoms with E-state index in [1.165, 1.54) is 17.3 Å². The number of aromatic amines is 1. The van der Waals surface area contributed by atoms with Crippen molar-refractivity contribution in [2.24, 2.45) is 0 Å². The van der Waals surface area contributed by atoms with Crippen LogP contribution in [0.5, 0.6) is 6.01 Å². The summed E-state index contributed by atoms with van der Waals surface area (Å²) in [5.74, 6) is 0.668. The van der Waals surface area contributed by atoms with Gasteiger partial charge in [-0.05, 0) is 6.92 Å². The van der Waals surface area contributed by atoms with Crippen molar-refractivity contribution in [2.75, 3.05) is 12.3 Å². The van der Waals surface area contributed by atoms with E-state index in [2.05, 4.69) is 30.0 Å². The van der Waals surface area contributed by atoms with Crippen LogP contribution in [0.1, 0.15) is 6.92 Å². The molecule has 0 spiro atoms. The summed E-state index contributed by atoms with van der Waals surface area (Å²) in [6.45, 7) is 2.31. The second kappa shape index (κ2) is 3.95. The Kier molecular flexibility index (Phi) is 2.29. The maximum Gasteiger partial charge on any atom is 0.337 e. The molecule has 0 atom stereocenters. The Bertz CT molecular complexity index is 687. The molecule has 3 N–H and O–H groups in total. The summed E-state index contributed by atoms with van der Waals surface area (Å²) >= 11 is 0. The number of nitrogens with two attached hydrogens (primary N) is 1. The SMILES string of the molecule is CCOc1nc(N)n(-c2ncnc3nc[nH]c23)n1. The van der Waals surface area contributed by atoms with Gasteiger partial charge in [0.2, 0.25) is 5.95 Å². The number of hydrogen-bond donors (Lipinski definition) is 2. The van der Waals surface area contributed by atoms with Crippen molar-refractivity contribution in [1.29, 1.82) is 0 Å². The average Bonchev–Trinajstić information content (AvgIpc) is 2.95. The summed E-state index contributed by atoms with van der Waals surface area (Å²) in [6.07, 6.45) is 2.92. The molecule has 0 saturated heterocycles. The first-order valence-electron chi connectivity index (χ1n) is 5.29. The molecule has 0 aliphatic carbocycles. The number of nitrogen functional groups attached to an aromatic ring is 1. The number of nitrogens with one attached hydrogen (secondary N) is 1. The fraction of sp³-hybridized carbons (Fsp3) is 0.222. The van der Waals surface area contributed by atoms with E-state index in [1.54, 1.807) is 0 Å². The van der Waals surface area contributed by atoms with E-state index in [0.29, 0.717) is 23.6 Å². The highest BCUT2D eigenvalue weighted by atomic mass is 16.5. The van der Waals surface area contributed by atoms with Crippen LogP contribution in [0.3, 0.4) is 0 Å². The van der Waals surface area contributed by atoms with Gasteiger partial charge in [0.15, 0.2) is 11.5 Å². The zero-order chi connectivity index (χ0) is 12.5. The molecular formula is C9H10N8O. The van der Waals surface area contributed by atoms with E-state index in [0.717, 1.165) is 0 Å². The molecule has 0 aliphatic rings. The van der Waals surface area contributed by atoms with Gasteiger partial charge in [-0.2, -0.15) is 9.67 Å². The Morgan fingerprint density at radius 2 is 2.28 bits per heavy atom. The predicted octanol–water partition coefficient (Wildman–Crippen LogP) is -0.0855. The number of aromatic nitrogens is 7. The third-order valence-corrected chi connectivity index (χ3v) is 2.29. The highest BCUT2D eigenvalue weighted by molar-refractivity contribution is 5.77. The molecule has 3 aromatic heterocycles. The molecule has 0 fully saturated rings. The van der Waals surface area contributed by atoms with Gasteiger partial charge in [-0.3, -0.25) is 0 Å². The van der Waals surface area contributed by atoms with Gasteiger partial charge in [0, 0.05) is 0 Å². The highest BCUT2D eigenvalue weighted by Gasteiger charge is 2.14.